The number of amides is 1. The fourth-order valence-electron chi connectivity index (χ4n) is 3.09. The molecule has 0 unspecified atom stereocenters. The van der Waals surface area contributed by atoms with Crippen molar-refractivity contribution >= 4 is 17.4 Å². The van der Waals surface area contributed by atoms with Gasteiger partial charge in [0.2, 0.25) is 0 Å². The summed E-state index contributed by atoms with van der Waals surface area (Å²) in [4.78, 5) is 12.3. The van der Waals surface area contributed by atoms with Crippen molar-refractivity contribution in [3.05, 3.63) is 41.6 Å². The van der Waals surface area contributed by atoms with E-state index < -0.39 is 0 Å². The number of nitrogens with two attached hydrogens (primary N) is 1. The van der Waals surface area contributed by atoms with Gasteiger partial charge in [0.25, 0.3) is 5.91 Å². The first kappa shape index (κ1) is 14.6. The second-order valence-corrected chi connectivity index (χ2v) is 5.95. The quantitative estimate of drug-likeness (QED) is 0.854. The third-order valence-electron chi connectivity index (χ3n) is 4.37. The predicted octanol–water partition coefficient (Wildman–Crippen LogP) is 3.30. The molecule has 0 bridgehead atoms. The highest BCUT2D eigenvalue weighted by Crippen LogP contribution is 2.32. The van der Waals surface area contributed by atoms with Gasteiger partial charge in [-0.1, -0.05) is 31.4 Å². The number of aromatic nitrogens is 2. The van der Waals surface area contributed by atoms with E-state index in [1.165, 1.54) is 32.1 Å². The van der Waals surface area contributed by atoms with Crippen molar-refractivity contribution in [2.24, 2.45) is 7.05 Å². The highest BCUT2D eigenvalue weighted by atomic mass is 16.1. The van der Waals surface area contributed by atoms with Crippen LogP contribution in [0.3, 0.4) is 0 Å². The van der Waals surface area contributed by atoms with E-state index in [4.69, 9.17) is 5.73 Å². The van der Waals surface area contributed by atoms with Crippen LogP contribution in [0.25, 0.3) is 0 Å². The van der Waals surface area contributed by atoms with Crippen LogP contribution in [0.1, 0.15) is 54.1 Å². The van der Waals surface area contributed by atoms with Crippen molar-refractivity contribution in [3.63, 3.8) is 0 Å². The van der Waals surface area contributed by atoms with Crippen LogP contribution in [-0.4, -0.2) is 15.7 Å². The molecule has 22 heavy (non-hydrogen) atoms. The highest BCUT2D eigenvalue weighted by molar-refractivity contribution is 6.07. The summed E-state index contributed by atoms with van der Waals surface area (Å²) in [6.45, 7) is 0. The standard InChI is InChI=1S/C17H22N4O/c1-21-16(11-15(20-21)12-7-3-2-4-8-12)19-17(22)13-9-5-6-10-14(13)18/h5-6,9-12H,2-4,7-8,18H2,1H3,(H,19,22). The zero-order valence-corrected chi connectivity index (χ0v) is 12.9. The van der Waals surface area contributed by atoms with Gasteiger partial charge in [0.15, 0.2) is 0 Å². The van der Waals surface area contributed by atoms with Gasteiger partial charge in [-0.3, -0.25) is 9.48 Å². The summed E-state index contributed by atoms with van der Waals surface area (Å²) in [5, 5.41) is 7.48. The van der Waals surface area contributed by atoms with Gasteiger partial charge in [-0.05, 0) is 25.0 Å². The molecule has 5 heteroatoms. The molecule has 1 aliphatic rings. The Morgan fingerprint density at radius 3 is 2.73 bits per heavy atom. The SMILES string of the molecule is Cn1nc(C2CCCCC2)cc1NC(=O)c1ccccc1N. The molecule has 2 aromatic rings. The van der Waals surface area contributed by atoms with E-state index in [0.717, 1.165) is 5.69 Å². The molecule has 1 saturated carbocycles. The second-order valence-electron chi connectivity index (χ2n) is 5.95. The van der Waals surface area contributed by atoms with Crippen molar-refractivity contribution in [2.45, 2.75) is 38.0 Å². The molecule has 1 fully saturated rings. The van der Waals surface area contributed by atoms with Gasteiger partial charge in [-0.15, -0.1) is 0 Å². The van der Waals surface area contributed by atoms with E-state index in [2.05, 4.69) is 10.4 Å². The first-order valence-electron chi connectivity index (χ1n) is 7.85. The number of carbonyl (C=O) groups excluding carboxylic acids is 1. The molecule has 1 heterocycles. The number of aryl methyl sites for hydroxylation is 1. The lowest BCUT2D eigenvalue weighted by atomic mass is 9.87. The zero-order valence-electron chi connectivity index (χ0n) is 12.9. The number of rotatable bonds is 3. The smallest absolute Gasteiger partial charge is 0.258 e. The molecule has 0 atom stereocenters. The third kappa shape index (κ3) is 2.98. The maximum atomic E-state index is 12.3. The molecule has 1 aromatic carbocycles. The van der Waals surface area contributed by atoms with Crippen molar-refractivity contribution in [1.29, 1.82) is 0 Å². The molecule has 0 aliphatic heterocycles. The number of nitrogens with one attached hydrogen (secondary N) is 1. The Morgan fingerprint density at radius 2 is 2.00 bits per heavy atom. The van der Waals surface area contributed by atoms with Crippen molar-refractivity contribution < 1.29 is 4.79 Å². The Morgan fingerprint density at radius 1 is 1.27 bits per heavy atom. The average Bonchev–Trinajstić information content (AvgIpc) is 2.89. The molecule has 0 saturated heterocycles. The number of anilines is 2. The highest BCUT2D eigenvalue weighted by Gasteiger charge is 2.20. The first-order chi connectivity index (χ1) is 10.6. The number of carbonyl (C=O) groups is 1. The molecular formula is C17H22N4O. The number of hydrogen-bond donors (Lipinski definition) is 2. The summed E-state index contributed by atoms with van der Waals surface area (Å²) in [5.41, 5.74) is 7.90. The van der Waals surface area contributed by atoms with E-state index in [9.17, 15) is 4.79 Å². The van der Waals surface area contributed by atoms with Crippen molar-refractivity contribution in [1.82, 2.24) is 9.78 Å². The Bertz CT molecular complexity index is 671. The van der Waals surface area contributed by atoms with E-state index in [-0.39, 0.29) is 5.91 Å². The Kier molecular flexibility index (Phi) is 4.13. The molecule has 1 amide bonds. The third-order valence-corrected chi connectivity index (χ3v) is 4.37. The molecule has 0 spiro atoms. The topological polar surface area (TPSA) is 72.9 Å². The average molecular weight is 298 g/mol. The number of benzene rings is 1. The Balaban J connectivity index is 1.76. The summed E-state index contributed by atoms with van der Waals surface area (Å²) in [7, 11) is 1.86. The van der Waals surface area contributed by atoms with Gasteiger partial charge in [-0.25, -0.2) is 0 Å². The van der Waals surface area contributed by atoms with E-state index >= 15 is 0 Å². The monoisotopic (exact) mass is 298 g/mol. The normalized spacial score (nSPS) is 15.7. The summed E-state index contributed by atoms with van der Waals surface area (Å²) in [6, 6.07) is 9.07. The van der Waals surface area contributed by atoms with Gasteiger partial charge in [-0.2, -0.15) is 5.10 Å². The molecule has 5 nitrogen and oxygen atoms in total. The number of nitrogens with zero attached hydrogens (tertiary/aromatic N) is 2. The van der Waals surface area contributed by atoms with Crippen LogP contribution >= 0.6 is 0 Å². The summed E-state index contributed by atoms with van der Waals surface area (Å²) in [6.07, 6.45) is 6.24. The van der Waals surface area contributed by atoms with Gasteiger partial charge in [0.1, 0.15) is 5.82 Å². The summed E-state index contributed by atoms with van der Waals surface area (Å²) >= 11 is 0. The van der Waals surface area contributed by atoms with Crippen LogP contribution in [0.15, 0.2) is 30.3 Å². The first-order valence-corrected chi connectivity index (χ1v) is 7.85. The maximum absolute atomic E-state index is 12.3. The molecule has 3 N–H and O–H groups in total. The minimum Gasteiger partial charge on any atom is -0.398 e. The van der Waals surface area contributed by atoms with E-state index in [0.29, 0.717) is 23.0 Å². The fraction of sp³-hybridized carbons (Fsp3) is 0.412. The van der Waals surface area contributed by atoms with Crippen LogP contribution < -0.4 is 11.1 Å². The summed E-state index contributed by atoms with van der Waals surface area (Å²) < 4.78 is 1.74. The number of hydrogen-bond acceptors (Lipinski definition) is 3. The maximum Gasteiger partial charge on any atom is 0.258 e. The Labute approximate surface area is 130 Å². The van der Waals surface area contributed by atoms with Crippen molar-refractivity contribution in [2.75, 3.05) is 11.1 Å². The van der Waals surface area contributed by atoms with Gasteiger partial charge in [0.05, 0.1) is 11.3 Å². The number of nitrogen functional groups attached to an aromatic ring is 1. The van der Waals surface area contributed by atoms with Crippen molar-refractivity contribution in [3.8, 4) is 0 Å². The minimum atomic E-state index is -0.198. The second kappa shape index (κ2) is 6.22. The molecule has 0 radical (unpaired) electrons. The lowest BCUT2D eigenvalue weighted by Gasteiger charge is -2.19. The van der Waals surface area contributed by atoms with Gasteiger partial charge in [0, 0.05) is 24.7 Å². The predicted molar refractivity (Wildman–Crippen MR) is 87.8 cm³/mol. The molecule has 1 aromatic heterocycles. The lowest BCUT2D eigenvalue weighted by Crippen LogP contribution is -2.16. The van der Waals surface area contributed by atoms with Gasteiger partial charge >= 0.3 is 0 Å². The van der Waals surface area contributed by atoms with Crippen LogP contribution in [-0.2, 0) is 7.05 Å². The zero-order chi connectivity index (χ0) is 15.5. The van der Waals surface area contributed by atoms with E-state index in [1.807, 2.05) is 25.2 Å². The number of para-hydroxylation sites is 1. The largest absolute Gasteiger partial charge is 0.398 e. The fourth-order valence-corrected chi connectivity index (χ4v) is 3.09. The van der Waals surface area contributed by atoms with Gasteiger partial charge < -0.3 is 11.1 Å². The molecule has 116 valence electrons. The lowest BCUT2D eigenvalue weighted by molar-refractivity contribution is 0.102. The molecule has 1 aliphatic carbocycles. The molecule has 3 rings (SSSR count). The minimum absolute atomic E-state index is 0.198. The van der Waals surface area contributed by atoms with Crippen LogP contribution in [0, 0.1) is 0 Å². The van der Waals surface area contributed by atoms with Crippen LogP contribution in [0.2, 0.25) is 0 Å². The van der Waals surface area contributed by atoms with E-state index in [1.54, 1.807) is 16.8 Å². The van der Waals surface area contributed by atoms with Crippen LogP contribution in [0.5, 0.6) is 0 Å². The summed E-state index contributed by atoms with van der Waals surface area (Å²) in [5.74, 6) is 1.04. The van der Waals surface area contributed by atoms with Crippen LogP contribution in [0.4, 0.5) is 11.5 Å². The molecular weight excluding hydrogens is 276 g/mol. The Hall–Kier alpha value is -2.30.